The Bertz CT molecular complexity index is 483. The van der Waals surface area contributed by atoms with Crippen molar-refractivity contribution in [3.05, 3.63) is 10.0 Å². The van der Waals surface area contributed by atoms with Crippen LogP contribution in [0.25, 0.3) is 0 Å². The highest BCUT2D eigenvalue weighted by molar-refractivity contribution is 7.11. The van der Waals surface area contributed by atoms with Crippen LogP contribution in [0.1, 0.15) is 30.8 Å². The van der Waals surface area contributed by atoms with Crippen LogP contribution in [-0.2, 0) is 11.2 Å². The molecule has 20 heavy (non-hydrogen) atoms. The number of rotatable bonds is 2. The fourth-order valence-corrected chi connectivity index (χ4v) is 2.98. The van der Waals surface area contributed by atoms with Gasteiger partial charge >= 0.3 is 6.09 Å². The average Bonchev–Trinajstić information content (AvgIpc) is 2.85. The number of nitrogens with zero attached hydrogens (tertiary/aromatic N) is 3. The first-order valence-corrected chi connectivity index (χ1v) is 7.51. The molecular weight excluding hydrogens is 278 g/mol. The van der Waals surface area contributed by atoms with E-state index >= 15 is 0 Å². The second kappa shape index (κ2) is 5.65. The third-order valence-corrected chi connectivity index (χ3v) is 3.92. The second-order valence-corrected chi connectivity index (χ2v) is 7.40. The lowest BCUT2D eigenvalue weighted by atomic mass is 10.0. The molecule has 1 aliphatic heterocycles. The largest absolute Gasteiger partial charge is 0.444 e. The maximum atomic E-state index is 12.0. The number of aliphatic hydroxyl groups excluding tert-OH is 1. The topological polar surface area (TPSA) is 75.6 Å². The van der Waals surface area contributed by atoms with E-state index in [4.69, 9.17) is 4.74 Å². The number of carbonyl (C=O) groups excluding carboxylic acids is 1. The molecule has 0 spiro atoms. The van der Waals surface area contributed by atoms with E-state index in [2.05, 4.69) is 10.2 Å². The summed E-state index contributed by atoms with van der Waals surface area (Å²) in [6.07, 6.45) is -0.259. The van der Waals surface area contributed by atoms with E-state index in [1.165, 1.54) is 11.3 Å². The molecule has 7 heteroatoms. The van der Waals surface area contributed by atoms with Crippen molar-refractivity contribution in [1.29, 1.82) is 0 Å². The predicted molar refractivity (Wildman–Crippen MR) is 75.7 cm³/mol. The predicted octanol–water partition coefficient (Wildman–Crippen LogP) is 1.62. The molecule has 1 amide bonds. The summed E-state index contributed by atoms with van der Waals surface area (Å²) in [7, 11) is 0. The number of carbonyl (C=O) groups is 1. The minimum Gasteiger partial charge on any atom is -0.444 e. The molecule has 2 heterocycles. The van der Waals surface area contributed by atoms with Crippen LogP contribution >= 0.6 is 11.3 Å². The molecule has 0 unspecified atom stereocenters. The molecular formula is C13H21N3O3S. The Morgan fingerprint density at radius 2 is 2.15 bits per heavy atom. The van der Waals surface area contributed by atoms with Crippen LogP contribution in [0.2, 0.25) is 0 Å². The lowest BCUT2D eigenvalue weighted by molar-refractivity contribution is 0.0269. The first-order chi connectivity index (χ1) is 9.24. The molecule has 6 nitrogen and oxygen atoms in total. The van der Waals surface area contributed by atoms with Gasteiger partial charge in [-0.25, -0.2) is 4.79 Å². The molecule has 2 atom stereocenters. The number of amides is 1. The van der Waals surface area contributed by atoms with Gasteiger partial charge in [-0.2, -0.15) is 0 Å². The summed E-state index contributed by atoms with van der Waals surface area (Å²) in [4.78, 5) is 13.5. The summed E-state index contributed by atoms with van der Waals surface area (Å²) in [6.45, 7) is 8.21. The van der Waals surface area contributed by atoms with Crippen LogP contribution in [0.3, 0.4) is 0 Å². The monoisotopic (exact) mass is 299 g/mol. The number of likely N-dealkylation sites (tertiary alicyclic amines) is 1. The van der Waals surface area contributed by atoms with Gasteiger partial charge in [-0.1, -0.05) is 0 Å². The van der Waals surface area contributed by atoms with Gasteiger partial charge in [0, 0.05) is 18.9 Å². The first kappa shape index (κ1) is 15.2. The van der Waals surface area contributed by atoms with Gasteiger partial charge in [-0.05, 0) is 27.7 Å². The zero-order valence-corrected chi connectivity index (χ0v) is 13.1. The Kier molecular flexibility index (Phi) is 4.29. The van der Waals surface area contributed by atoms with Crippen molar-refractivity contribution in [2.45, 2.75) is 45.8 Å². The number of aromatic nitrogens is 2. The zero-order chi connectivity index (χ0) is 14.9. The van der Waals surface area contributed by atoms with Crippen LogP contribution in [-0.4, -0.2) is 51.1 Å². The number of ether oxygens (including phenoxy) is 1. The first-order valence-electron chi connectivity index (χ1n) is 6.69. The smallest absolute Gasteiger partial charge is 0.410 e. The molecule has 1 fully saturated rings. The lowest BCUT2D eigenvalue weighted by Gasteiger charge is -2.24. The molecule has 1 N–H and O–H groups in total. The van der Waals surface area contributed by atoms with Crippen LogP contribution in [0, 0.1) is 12.8 Å². The Morgan fingerprint density at radius 3 is 2.70 bits per heavy atom. The molecule has 1 aliphatic rings. The van der Waals surface area contributed by atoms with Crippen molar-refractivity contribution in [3.8, 4) is 0 Å². The molecule has 2 rings (SSSR count). The fourth-order valence-electron chi connectivity index (χ4n) is 2.17. The molecule has 1 saturated heterocycles. The van der Waals surface area contributed by atoms with E-state index < -0.39 is 11.7 Å². The maximum absolute atomic E-state index is 12.0. The van der Waals surface area contributed by atoms with Crippen LogP contribution in [0.5, 0.6) is 0 Å². The average molecular weight is 299 g/mol. The molecule has 0 radical (unpaired) electrons. The fraction of sp³-hybridized carbons (Fsp3) is 0.769. The van der Waals surface area contributed by atoms with E-state index in [1.54, 1.807) is 4.90 Å². The van der Waals surface area contributed by atoms with Gasteiger partial charge in [0.2, 0.25) is 0 Å². The second-order valence-electron chi connectivity index (χ2n) is 6.13. The normalized spacial score (nSPS) is 23.1. The van der Waals surface area contributed by atoms with E-state index in [-0.39, 0.29) is 12.0 Å². The molecule has 0 bridgehead atoms. The van der Waals surface area contributed by atoms with Gasteiger partial charge in [-0.3, -0.25) is 0 Å². The Balaban J connectivity index is 1.93. The molecule has 0 aliphatic carbocycles. The van der Waals surface area contributed by atoms with Gasteiger partial charge < -0.3 is 14.7 Å². The number of aliphatic hydroxyl groups is 1. The van der Waals surface area contributed by atoms with Crippen LogP contribution in [0.15, 0.2) is 0 Å². The van der Waals surface area contributed by atoms with Crippen molar-refractivity contribution in [2.24, 2.45) is 5.92 Å². The van der Waals surface area contributed by atoms with Gasteiger partial charge in [0.15, 0.2) is 0 Å². The third-order valence-electron chi connectivity index (χ3n) is 3.06. The van der Waals surface area contributed by atoms with Crippen molar-refractivity contribution >= 4 is 17.4 Å². The highest BCUT2D eigenvalue weighted by atomic mass is 32.1. The minimum atomic E-state index is -0.535. The van der Waals surface area contributed by atoms with Crippen LogP contribution in [0.4, 0.5) is 4.79 Å². The van der Waals surface area contributed by atoms with Gasteiger partial charge in [0.25, 0.3) is 0 Å². The number of hydrogen-bond donors (Lipinski definition) is 1. The third kappa shape index (κ3) is 3.89. The number of aryl methyl sites for hydroxylation is 1. The summed E-state index contributed by atoms with van der Waals surface area (Å²) in [5, 5.41) is 19.9. The Labute approximate surface area is 122 Å². The Hall–Kier alpha value is -1.21. The summed E-state index contributed by atoms with van der Waals surface area (Å²) in [5.41, 5.74) is -0.517. The lowest BCUT2D eigenvalue weighted by Crippen LogP contribution is -2.35. The van der Waals surface area contributed by atoms with Gasteiger partial charge in [0.05, 0.1) is 12.6 Å². The summed E-state index contributed by atoms with van der Waals surface area (Å²) < 4.78 is 5.32. The highest BCUT2D eigenvalue weighted by Crippen LogP contribution is 2.24. The summed E-state index contributed by atoms with van der Waals surface area (Å²) in [5.74, 6) is -0.00475. The van der Waals surface area contributed by atoms with E-state index in [0.29, 0.717) is 19.5 Å². The molecule has 1 aromatic heterocycles. The van der Waals surface area contributed by atoms with Crippen molar-refractivity contribution in [1.82, 2.24) is 15.1 Å². The highest BCUT2D eigenvalue weighted by Gasteiger charge is 2.36. The van der Waals surface area contributed by atoms with E-state index in [0.717, 1.165) is 10.0 Å². The number of hydrogen-bond acceptors (Lipinski definition) is 6. The van der Waals surface area contributed by atoms with Crippen molar-refractivity contribution < 1.29 is 14.6 Å². The van der Waals surface area contributed by atoms with Crippen LogP contribution < -0.4 is 0 Å². The Morgan fingerprint density at radius 1 is 1.45 bits per heavy atom. The molecule has 1 aromatic rings. The summed E-state index contributed by atoms with van der Waals surface area (Å²) >= 11 is 1.53. The quantitative estimate of drug-likeness (QED) is 0.898. The van der Waals surface area contributed by atoms with Gasteiger partial charge in [-0.15, -0.1) is 21.5 Å². The molecule has 0 aromatic carbocycles. The van der Waals surface area contributed by atoms with E-state index in [1.807, 2.05) is 27.7 Å². The summed E-state index contributed by atoms with van der Waals surface area (Å²) in [6, 6.07) is 0. The molecule has 0 saturated carbocycles. The molecule has 112 valence electrons. The zero-order valence-electron chi connectivity index (χ0n) is 12.3. The number of β-amino-alcohol motifs (C(OH)–C–C–N with tert-alkyl or cyclic N) is 1. The standard InChI is InChI=1S/C13H21N3O3S/c1-8-14-15-11(20-8)5-9-6-16(7-10(9)17)12(18)19-13(2,3)4/h9-10,17H,5-7H2,1-4H3/t9-,10-/m1/s1. The SMILES string of the molecule is Cc1nnc(C[C@@H]2CN(C(=O)OC(C)(C)C)C[C@H]2O)s1. The maximum Gasteiger partial charge on any atom is 0.410 e. The van der Waals surface area contributed by atoms with Crippen molar-refractivity contribution in [3.63, 3.8) is 0 Å². The minimum absolute atomic E-state index is 0.00475. The van der Waals surface area contributed by atoms with Crippen molar-refractivity contribution in [2.75, 3.05) is 13.1 Å². The van der Waals surface area contributed by atoms with Gasteiger partial charge in [0.1, 0.15) is 15.6 Å². The van der Waals surface area contributed by atoms with E-state index in [9.17, 15) is 9.90 Å².